The average molecular weight is 394 g/mol. The van der Waals surface area contributed by atoms with Crippen molar-refractivity contribution in [3.63, 3.8) is 0 Å². The number of benzene rings is 1. The lowest BCUT2D eigenvalue weighted by Crippen LogP contribution is -2.36. The smallest absolute Gasteiger partial charge is 0.196 e. The molecule has 28 heavy (non-hydrogen) atoms. The molecule has 1 fully saturated rings. The number of likely N-dealkylation sites (tertiary alicyclic amines) is 1. The third-order valence-electron chi connectivity index (χ3n) is 5.51. The van der Waals surface area contributed by atoms with E-state index in [1.54, 1.807) is 18.0 Å². The lowest BCUT2D eigenvalue weighted by molar-refractivity contribution is 0.182. The maximum Gasteiger partial charge on any atom is 0.196 e. The van der Waals surface area contributed by atoms with Gasteiger partial charge in [0.25, 0.3) is 0 Å². The normalized spacial score (nSPS) is 17.7. The Morgan fingerprint density at radius 1 is 1.11 bits per heavy atom. The minimum atomic E-state index is 0.689. The zero-order valence-electron chi connectivity index (χ0n) is 16.6. The lowest BCUT2D eigenvalue weighted by atomic mass is 10.0. The topological polar surface area (TPSA) is 46.8 Å². The molecule has 0 spiro atoms. The first-order valence-electron chi connectivity index (χ1n) is 9.99. The molecule has 0 radical (unpaired) electrons. The Labute approximate surface area is 171 Å². The number of rotatable bonds is 6. The molecule has 0 N–H and O–H groups in total. The predicted molar refractivity (Wildman–Crippen MR) is 115 cm³/mol. The molecule has 1 unspecified atom stereocenters. The van der Waals surface area contributed by atoms with Gasteiger partial charge in [-0.25, -0.2) is 0 Å². The molecule has 0 amide bonds. The zero-order chi connectivity index (χ0) is 19.3. The highest BCUT2D eigenvalue weighted by Crippen LogP contribution is 2.30. The van der Waals surface area contributed by atoms with Gasteiger partial charge in [0.2, 0.25) is 0 Å². The summed E-state index contributed by atoms with van der Waals surface area (Å²) in [6.07, 6.45) is 8.81. The number of aromatic nitrogens is 4. The minimum absolute atomic E-state index is 0.689. The average Bonchev–Trinajstić information content (AvgIpc) is 3.14. The molecule has 6 heteroatoms. The molecule has 1 aliphatic rings. The summed E-state index contributed by atoms with van der Waals surface area (Å²) in [6.45, 7) is 3.35. The van der Waals surface area contributed by atoms with Crippen molar-refractivity contribution in [2.75, 3.05) is 19.3 Å². The first kappa shape index (κ1) is 19.2. The van der Waals surface area contributed by atoms with Gasteiger partial charge in [0.1, 0.15) is 0 Å². The Balaban J connectivity index is 1.60. The molecule has 0 saturated carbocycles. The first-order valence-corrected chi connectivity index (χ1v) is 11.0. The Kier molecular flexibility index (Phi) is 6.07. The van der Waals surface area contributed by atoms with Crippen LogP contribution in [0, 0.1) is 6.92 Å². The van der Waals surface area contributed by atoms with E-state index in [0.717, 1.165) is 28.0 Å². The zero-order valence-corrected chi connectivity index (χ0v) is 17.4. The van der Waals surface area contributed by atoms with E-state index in [4.69, 9.17) is 0 Å². The lowest BCUT2D eigenvalue weighted by Gasteiger charge is -2.32. The van der Waals surface area contributed by atoms with E-state index in [9.17, 15) is 0 Å². The van der Waals surface area contributed by atoms with E-state index in [0.29, 0.717) is 6.04 Å². The highest BCUT2D eigenvalue weighted by atomic mass is 32.2. The number of pyridine rings is 1. The molecular weight excluding hydrogens is 366 g/mol. The van der Waals surface area contributed by atoms with E-state index in [2.05, 4.69) is 62.9 Å². The van der Waals surface area contributed by atoms with Crippen LogP contribution in [0.1, 0.15) is 31.2 Å². The van der Waals surface area contributed by atoms with E-state index in [1.165, 1.54) is 37.8 Å². The van der Waals surface area contributed by atoms with Crippen LogP contribution in [0.3, 0.4) is 0 Å². The fourth-order valence-electron chi connectivity index (χ4n) is 3.87. The molecule has 146 valence electrons. The second-order valence-electron chi connectivity index (χ2n) is 7.44. The summed E-state index contributed by atoms with van der Waals surface area (Å²) in [6, 6.07) is 13.1. The molecular formula is C22H27N5S. The standard InChI is InChI=1S/C22H27N5S/c1-17-8-3-4-11-20(17)27-21(18-9-7-13-23-16-18)24-25-22(27)28-15-12-19-10-5-6-14-26(19)2/h3-4,7-9,11,13,16,19H,5-6,10,12,14-15H2,1-2H3. The van der Waals surface area contributed by atoms with Gasteiger partial charge in [-0.05, 0) is 63.5 Å². The second-order valence-corrected chi connectivity index (χ2v) is 8.50. The van der Waals surface area contributed by atoms with Gasteiger partial charge in [0, 0.05) is 29.8 Å². The van der Waals surface area contributed by atoms with Gasteiger partial charge in [0.05, 0.1) is 5.69 Å². The molecule has 1 saturated heterocycles. The molecule has 1 atom stereocenters. The van der Waals surface area contributed by atoms with E-state index >= 15 is 0 Å². The van der Waals surface area contributed by atoms with Crippen LogP contribution in [0.25, 0.3) is 17.1 Å². The maximum absolute atomic E-state index is 4.55. The Morgan fingerprint density at radius 2 is 2.00 bits per heavy atom. The van der Waals surface area contributed by atoms with Crippen LogP contribution in [0.4, 0.5) is 0 Å². The molecule has 2 aromatic heterocycles. The van der Waals surface area contributed by atoms with Crippen LogP contribution < -0.4 is 0 Å². The van der Waals surface area contributed by atoms with Crippen molar-refractivity contribution in [2.24, 2.45) is 0 Å². The van der Waals surface area contributed by atoms with Crippen molar-refractivity contribution in [1.29, 1.82) is 0 Å². The van der Waals surface area contributed by atoms with Crippen LogP contribution >= 0.6 is 11.8 Å². The Morgan fingerprint density at radius 3 is 2.79 bits per heavy atom. The van der Waals surface area contributed by atoms with Crippen LogP contribution in [0.15, 0.2) is 53.9 Å². The summed E-state index contributed by atoms with van der Waals surface area (Å²) in [7, 11) is 2.25. The number of nitrogens with zero attached hydrogens (tertiary/aromatic N) is 5. The maximum atomic E-state index is 4.55. The second kappa shape index (κ2) is 8.88. The number of aryl methyl sites for hydroxylation is 1. The van der Waals surface area contributed by atoms with Crippen LogP contribution in [-0.4, -0.2) is 50.0 Å². The monoisotopic (exact) mass is 393 g/mol. The highest BCUT2D eigenvalue weighted by Gasteiger charge is 2.21. The largest absolute Gasteiger partial charge is 0.303 e. The summed E-state index contributed by atoms with van der Waals surface area (Å²) < 4.78 is 2.18. The van der Waals surface area contributed by atoms with E-state index in [1.807, 2.05) is 18.3 Å². The fraction of sp³-hybridized carbons (Fsp3) is 0.409. The molecule has 0 bridgehead atoms. The molecule has 5 nitrogen and oxygen atoms in total. The van der Waals surface area contributed by atoms with Crippen LogP contribution in [-0.2, 0) is 0 Å². The van der Waals surface area contributed by atoms with Gasteiger partial charge in [-0.1, -0.05) is 36.4 Å². The molecule has 4 rings (SSSR count). The summed E-state index contributed by atoms with van der Waals surface area (Å²) in [5, 5.41) is 10.0. The Hall–Kier alpha value is -2.18. The minimum Gasteiger partial charge on any atom is -0.303 e. The molecule has 1 aromatic carbocycles. The molecule has 0 aliphatic carbocycles. The molecule has 3 heterocycles. The fourth-order valence-corrected chi connectivity index (χ4v) is 4.86. The quantitative estimate of drug-likeness (QED) is 0.573. The number of piperidine rings is 1. The Bertz CT molecular complexity index is 908. The third kappa shape index (κ3) is 4.13. The third-order valence-corrected chi connectivity index (χ3v) is 6.48. The number of para-hydroxylation sites is 1. The van der Waals surface area contributed by atoms with Crippen LogP contribution in [0.2, 0.25) is 0 Å². The van der Waals surface area contributed by atoms with E-state index in [-0.39, 0.29) is 0 Å². The summed E-state index contributed by atoms with van der Waals surface area (Å²) >= 11 is 1.80. The number of hydrogen-bond donors (Lipinski definition) is 0. The van der Waals surface area contributed by atoms with Gasteiger partial charge in [-0.3, -0.25) is 9.55 Å². The van der Waals surface area contributed by atoms with Gasteiger partial charge >= 0.3 is 0 Å². The summed E-state index contributed by atoms with van der Waals surface area (Å²) in [5.41, 5.74) is 3.32. The van der Waals surface area contributed by atoms with Crippen molar-refractivity contribution >= 4 is 11.8 Å². The molecule has 1 aliphatic heterocycles. The van der Waals surface area contributed by atoms with Crippen molar-refractivity contribution in [2.45, 2.75) is 43.8 Å². The first-order chi connectivity index (χ1) is 13.7. The molecule has 3 aromatic rings. The van der Waals surface area contributed by atoms with Crippen molar-refractivity contribution in [1.82, 2.24) is 24.6 Å². The predicted octanol–water partition coefficient (Wildman–Crippen LogP) is 4.60. The van der Waals surface area contributed by atoms with Gasteiger partial charge in [-0.2, -0.15) is 0 Å². The van der Waals surface area contributed by atoms with E-state index < -0.39 is 0 Å². The van der Waals surface area contributed by atoms with Gasteiger partial charge in [-0.15, -0.1) is 10.2 Å². The highest BCUT2D eigenvalue weighted by molar-refractivity contribution is 7.99. The number of hydrogen-bond acceptors (Lipinski definition) is 5. The summed E-state index contributed by atoms with van der Waals surface area (Å²) in [5.74, 6) is 1.89. The van der Waals surface area contributed by atoms with Crippen molar-refractivity contribution in [3.8, 4) is 17.1 Å². The summed E-state index contributed by atoms with van der Waals surface area (Å²) in [4.78, 5) is 6.78. The van der Waals surface area contributed by atoms with Gasteiger partial charge < -0.3 is 4.90 Å². The SMILES string of the molecule is Cc1ccccc1-n1c(SCCC2CCCCN2C)nnc1-c1cccnc1. The van der Waals surface area contributed by atoms with Gasteiger partial charge in [0.15, 0.2) is 11.0 Å². The van der Waals surface area contributed by atoms with Crippen molar-refractivity contribution < 1.29 is 0 Å². The van der Waals surface area contributed by atoms with Crippen molar-refractivity contribution in [3.05, 3.63) is 54.4 Å². The number of thioether (sulfide) groups is 1. The van der Waals surface area contributed by atoms with Crippen LogP contribution in [0.5, 0.6) is 0 Å².